The summed E-state index contributed by atoms with van der Waals surface area (Å²) in [6, 6.07) is 17.3. The highest BCUT2D eigenvalue weighted by molar-refractivity contribution is 7.96. The molecule has 0 bridgehead atoms. The molecule has 0 aliphatic rings. The van der Waals surface area contributed by atoms with E-state index in [0.717, 1.165) is 5.56 Å². The molecule has 8 heteroatoms. The van der Waals surface area contributed by atoms with Crippen LogP contribution in [0.15, 0.2) is 76.7 Å². The molecule has 31 heavy (non-hydrogen) atoms. The van der Waals surface area contributed by atoms with Gasteiger partial charge < -0.3 is 5.11 Å². The molecule has 3 aromatic carbocycles. The first-order valence-corrected chi connectivity index (χ1v) is 10.9. The predicted molar refractivity (Wildman–Crippen MR) is 120 cm³/mol. The third-order valence-electron chi connectivity index (χ3n) is 4.14. The van der Waals surface area contributed by atoms with Gasteiger partial charge in [0.2, 0.25) is 9.84 Å². The summed E-state index contributed by atoms with van der Waals surface area (Å²) in [5, 5.41) is 15.7. The lowest BCUT2D eigenvalue weighted by Crippen LogP contribution is -2.17. The number of aromatic hydroxyl groups is 1. The molecule has 0 saturated heterocycles. The van der Waals surface area contributed by atoms with E-state index in [-0.39, 0.29) is 21.2 Å². The molecular weight excluding hydrogens is 436 g/mol. The predicted octanol–water partition coefficient (Wildman–Crippen LogP) is 3.90. The number of phenolic OH excluding ortho intramolecular Hbond substituents is 1. The van der Waals surface area contributed by atoms with Gasteiger partial charge in [0, 0.05) is 16.4 Å². The van der Waals surface area contributed by atoms with Crippen molar-refractivity contribution in [2.24, 2.45) is 5.10 Å². The van der Waals surface area contributed by atoms with E-state index in [2.05, 4.69) is 21.7 Å². The molecule has 0 radical (unpaired) electrons. The molecule has 0 spiro atoms. The van der Waals surface area contributed by atoms with Crippen LogP contribution >= 0.6 is 11.6 Å². The fourth-order valence-corrected chi connectivity index (χ4v) is 3.52. The van der Waals surface area contributed by atoms with Crippen molar-refractivity contribution in [2.75, 3.05) is 0 Å². The van der Waals surface area contributed by atoms with Gasteiger partial charge in [-0.05, 0) is 60.9 Å². The highest BCUT2D eigenvalue weighted by Crippen LogP contribution is 2.23. The second-order valence-corrected chi connectivity index (χ2v) is 8.62. The Morgan fingerprint density at radius 3 is 2.55 bits per heavy atom. The standard InChI is InChI=1S/C23H17ClN2O4S/c1-16-5-8-20(9-6-16)31(29,30)12-11-17-3-2-4-18(13-17)15-25-26-23(28)19-7-10-22(27)21(24)14-19/h2-10,13-15,27H,1H3,(H,26,28)/b25-15+. The Morgan fingerprint density at radius 2 is 1.84 bits per heavy atom. The number of sulfone groups is 1. The maximum Gasteiger partial charge on any atom is 0.271 e. The van der Waals surface area contributed by atoms with Crippen LogP contribution in [0.4, 0.5) is 0 Å². The van der Waals surface area contributed by atoms with Crippen molar-refractivity contribution < 1.29 is 18.3 Å². The second kappa shape index (κ2) is 9.47. The number of nitrogens with zero attached hydrogens (tertiary/aromatic N) is 1. The summed E-state index contributed by atoms with van der Waals surface area (Å²) in [5.74, 6) is 2.03. The van der Waals surface area contributed by atoms with E-state index in [1.54, 1.807) is 36.4 Å². The maximum absolute atomic E-state index is 12.4. The van der Waals surface area contributed by atoms with Gasteiger partial charge in [-0.3, -0.25) is 4.79 Å². The van der Waals surface area contributed by atoms with Crippen LogP contribution in [-0.2, 0) is 9.84 Å². The largest absolute Gasteiger partial charge is 0.506 e. The molecule has 0 fully saturated rings. The lowest BCUT2D eigenvalue weighted by Gasteiger charge is -2.02. The van der Waals surface area contributed by atoms with E-state index in [0.29, 0.717) is 11.1 Å². The summed E-state index contributed by atoms with van der Waals surface area (Å²) in [7, 11) is -3.73. The van der Waals surface area contributed by atoms with Crippen molar-refractivity contribution in [3.63, 3.8) is 0 Å². The Hall–Kier alpha value is -3.60. The van der Waals surface area contributed by atoms with Crippen LogP contribution in [0.3, 0.4) is 0 Å². The van der Waals surface area contributed by atoms with E-state index >= 15 is 0 Å². The molecule has 2 N–H and O–H groups in total. The van der Waals surface area contributed by atoms with Crippen LogP contribution in [0, 0.1) is 18.1 Å². The minimum Gasteiger partial charge on any atom is -0.506 e. The first kappa shape index (κ1) is 22.1. The number of hydrogen-bond donors (Lipinski definition) is 2. The van der Waals surface area contributed by atoms with Gasteiger partial charge in [-0.15, -0.1) is 0 Å². The first-order chi connectivity index (χ1) is 14.7. The smallest absolute Gasteiger partial charge is 0.271 e. The number of benzene rings is 3. The lowest BCUT2D eigenvalue weighted by molar-refractivity contribution is 0.0955. The number of halogens is 1. The zero-order valence-electron chi connectivity index (χ0n) is 16.3. The molecule has 0 saturated carbocycles. The fraction of sp³-hybridized carbons (Fsp3) is 0.0435. The summed E-state index contributed by atoms with van der Waals surface area (Å²) >= 11 is 5.79. The van der Waals surface area contributed by atoms with Crippen LogP contribution < -0.4 is 5.43 Å². The Bertz CT molecular complexity index is 1320. The molecule has 0 aromatic heterocycles. The Labute approximate surface area is 185 Å². The van der Waals surface area contributed by atoms with E-state index in [9.17, 15) is 18.3 Å². The molecule has 156 valence electrons. The van der Waals surface area contributed by atoms with Crippen molar-refractivity contribution in [1.82, 2.24) is 5.43 Å². The van der Waals surface area contributed by atoms with Crippen LogP contribution in [-0.4, -0.2) is 25.6 Å². The highest BCUT2D eigenvalue weighted by atomic mass is 35.5. The van der Waals surface area contributed by atoms with Crippen molar-refractivity contribution >= 4 is 33.6 Å². The van der Waals surface area contributed by atoms with Crippen molar-refractivity contribution in [3.05, 3.63) is 94.0 Å². The molecule has 1 amide bonds. The first-order valence-electron chi connectivity index (χ1n) is 9.01. The highest BCUT2D eigenvalue weighted by Gasteiger charge is 2.10. The molecule has 0 unspecified atom stereocenters. The number of nitrogens with one attached hydrogen (secondary N) is 1. The number of amides is 1. The number of rotatable bonds is 4. The second-order valence-electron chi connectivity index (χ2n) is 6.53. The van der Waals surface area contributed by atoms with Crippen molar-refractivity contribution in [1.29, 1.82) is 0 Å². The monoisotopic (exact) mass is 452 g/mol. The number of carbonyl (C=O) groups excluding carboxylic acids is 1. The van der Waals surface area contributed by atoms with E-state index < -0.39 is 15.7 Å². The minimum atomic E-state index is -3.73. The number of phenols is 1. The zero-order chi connectivity index (χ0) is 22.4. The van der Waals surface area contributed by atoms with Crippen LogP contribution in [0.1, 0.15) is 27.0 Å². The summed E-state index contributed by atoms with van der Waals surface area (Å²) < 4.78 is 24.7. The molecule has 6 nitrogen and oxygen atoms in total. The van der Waals surface area contributed by atoms with Gasteiger partial charge >= 0.3 is 0 Å². The number of aryl methyl sites for hydroxylation is 1. The van der Waals surface area contributed by atoms with Crippen LogP contribution in [0.2, 0.25) is 5.02 Å². The van der Waals surface area contributed by atoms with Gasteiger partial charge in [-0.25, -0.2) is 13.8 Å². The molecule has 0 aliphatic heterocycles. The fourth-order valence-electron chi connectivity index (χ4n) is 2.48. The Kier molecular flexibility index (Phi) is 6.75. The average Bonchev–Trinajstić information content (AvgIpc) is 2.75. The summed E-state index contributed by atoms with van der Waals surface area (Å²) in [6.07, 6.45) is 1.40. The van der Waals surface area contributed by atoms with Gasteiger partial charge in [-0.1, -0.05) is 41.4 Å². The van der Waals surface area contributed by atoms with Crippen molar-refractivity contribution in [2.45, 2.75) is 11.8 Å². The number of carbonyl (C=O) groups is 1. The van der Waals surface area contributed by atoms with E-state index in [4.69, 9.17) is 11.6 Å². The Balaban J connectivity index is 1.70. The van der Waals surface area contributed by atoms with E-state index in [1.807, 2.05) is 6.92 Å². The van der Waals surface area contributed by atoms with Crippen molar-refractivity contribution in [3.8, 4) is 16.9 Å². The topological polar surface area (TPSA) is 95.8 Å². The lowest BCUT2D eigenvalue weighted by atomic mass is 10.1. The minimum absolute atomic E-state index is 0.0588. The zero-order valence-corrected chi connectivity index (χ0v) is 17.9. The van der Waals surface area contributed by atoms with Gasteiger partial charge in [0.15, 0.2) is 0 Å². The molecule has 0 atom stereocenters. The molecular formula is C23H17ClN2O4S. The quantitative estimate of drug-likeness (QED) is 0.356. The normalized spacial score (nSPS) is 11.0. The SMILES string of the molecule is Cc1ccc(S(=O)(=O)C#Cc2cccc(/C=N/NC(=O)c3ccc(O)c(Cl)c3)c2)cc1. The van der Waals surface area contributed by atoms with Gasteiger partial charge in [0.05, 0.1) is 16.1 Å². The summed E-state index contributed by atoms with van der Waals surface area (Å²) in [5.41, 5.74) is 4.65. The van der Waals surface area contributed by atoms with Gasteiger partial charge in [0.25, 0.3) is 5.91 Å². The molecule has 3 rings (SSSR count). The number of hydrogen-bond acceptors (Lipinski definition) is 5. The number of hydrazone groups is 1. The van der Waals surface area contributed by atoms with Crippen LogP contribution in [0.25, 0.3) is 0 Å². The van der Waals surface area contributed by atoms with Gasteiger partial charge in [-0.2, -0.15) is 5.10 Å². The average molecular weight is 453 g/mol. The van der Waals surface area contributed by atoms with E-state index in [1.165, 1.54) is 36.5 Å². The molecule has 0 heterocycles. The summed E-state index contributed by atoms with van der Waals surface area (Å²) in [4.78, 5) is 12.2. The molecule has 0 aliphatic carbocycles. The Morgan fingerprint density at radius 1 is 1.10 bits per heavy atom. The maximum atomic E-state index is 12.4. The third kappa shape index (κ3) is 5.95. The van der Waals surface area contributed by atoms with Crippen LogP contribution in [0.5, 0.6) is 5.75 Å². The molecule has 3 aromatic rings. The van der Waals surface area contributed by atoms with Gasteiger partial charge in [0.1, 0.15) is 5.75 Å². The third-order valence-corrected chi connectivity index (χ3v) is 5.70. The summed E-state index contributed by atoms with van der Waals surface area (Å²) in [6.45, 7) is 1.87.